The van der Waals surface area contributed by atoms with Gasteiger partial charge in [0.25, 0.3) is 0 Å². The Hall–Kier alpha value is -0.680. The molecule has 0 aromatic carbocycles. The van der Waals surface area contributed by atoms with Crippen molar-refractivity contribution in [2.75, 3.05) is 24.5 Å². The van der Waals surface area contributed by atoms with E-state index in [1.807, 2.05) is 0 Å². The molecule has 2 heterocycles. The number of aromatic nitrogens is 2. The molecule has 0 unspecified atom stereocenters. The van der Waals surface area contributed by atoms with Crippen molar-refractivity contribution in [2.24, 2.45) is 0 Å². The largest absolute Gasteiger partial charge is 0.339 e. The third kappa shape index (κ3) is 2.50. The first-order valence-corrected chi connectivity index (χ1v) is 8.31. The highest BCUT2D eigenvalue weighted by atomic mass is 32.1. The number of anilines is 1. The lowest BCUT2D eigenvalue weighted by molar-refractivity contribution is 0.241. The Kier molecular flexibility index (Phi) is 3.76. The predicted octanol–water partition coefficient (Wildman–Crippen LogP) is 2.77. The van der Waals surface area contributed by atoms with Crippen LogP contribution in [-0.2, 0) is 0 Å². The lowest BCUT2D eigenvalue weighted by Gasteiger charge is -2.49. The van der Waals surface area contributed by atoms with E-state index < -0.39 is 0 Å². The van der Waals surface area contributed by atoms with Crippen molar-refractivity contribution >= 4 is 16.7 Å². The maximum atomic E-state index is 4.79. The Labute approximate surface area is 119 Å². The predicted molar refractivity (Wildman–Crippen MR) is 80.0 cm³/mol. The lowest BCUT2D eigenvalue weighted by Crippen LogP contribution is -2.62. The van der Waals surface area contributed by atoms with Gasteiger partial charge in [0.15, 0.2) is 0 Å². The fourth-order valence-corrected chi connectivity index (χ4v) is 4.31. The standard InChI is InChI=1S/C14H24N4S/c1-11(2)12-16-13(19-17-12)18-9-8-15-10-14(18)6-4-3-5-7-14/h11,15H,3-10H2,1-2H3. The molecule has 1 saturated heterocycles. The summed E-state index contributed by atoms with van der Waals surface area (Å²) in [5.41, 5.74) is 0.310. The Balaban J connectivity index is 1.86. The van der Waals surface area contributed by atoms with Crippen LogP contribution < -0.4 is 10.2 Å². The third-order valence-corrected chi connectivity index (χ3v) is 5.25. The molecular formula is C14H24N4S. The van der Waals surface area contributed by atoms with Crippen LogP contribution >= 0.6 is 11.5 Å². The van der Waals surface area contributed by atoms with Crippen molar-refractivity contribution in [2.45, 2.75) is 57.4 Å². The molecule has 0 radical (unpaired) electrons. The second kappa shape index (κ2) is 5.37. The number of nitrogens with zero attached hydrogens (tertiary/aromatic N) is 3. The van der Waals surface area contributed by atoms with Crippen molar-refractivity contribution in [3.63, 3.8) is 0 Å². The fraction of sp³-hybridized carbons (Fsp3) is 0.857. The quantitative estimate of drug-likeness (QED) is 0.904. The van der Waals surface area contributed by atoms with Gasteiger partial charge in [-0.15, -0.1) is 0 Å². The zero-order chi connectivity index (χ0) is 13.3. The van der Waals surface area contributed by atoms with Crippen LogP contribution in [0.3, 0.4) is 0 Å². The second-order valence-corrected chi connectivity index (χ2v) is 6.93. The Morgan fingerprint density at radius 3 is 2.74 bits per heavy atom. The number of hydrogen-bond acceptors (Lipinski definition) is 5. The van der Waals surface area contributed by atoms with E-state index >= 15 is 0 Å². The summed E-state index contributed by atoms with van der Waals surface area (Å²) in [6.45, 7) is 7.59. The fourth-order valence-electron chi connectivity index (χ4n) is 3.37. The molecule has 4 nitrogen and oxygen atoms in total. The van der Waals surface area contributed by atoms with Gasteiger partial charge in [-0.25, -0.2) is 4.98 Å². The van der Waals surface area contributed by atoms with E-state index in [1.54, 1.807) is 11.5 Å². The highest BCUT2D eigenvalue weighted by Crippen LogP contribution is 2.38. The maximum Gasteiger partial charge on any atom is 0.205 e. The molecule has 19 heavy (non-hydrogen) atoms. The molecule has 106 valence electrons. The van der Waals surface area contributed by atoms with E-state index in [4.69, 9.17) is 4.98 Å². The number of piperazine rings is 1. The summed E-state index contributed by atoms with van der Waals surface area (Å²) in [5, 5.41) is 4.73. The van der Waals surface area contributed by atoms with Gasteiger partial charge in [0.05, 0.1) is 5.54 Å². The highest BCUT2D eigenvalue weighted by molar-refractivity contribution is 7.09. The van der Waals surface area contributed by atoms with E-state index in [0.29, 0.717) is 11.5 Å². The molecule has 0 amide bonds. The Bertz CT molecular complexity index is 415. The van der Waals surface area contributed by atoms with E-state index in [2.05, 4.69) is 28.4 Å². The minimum atomic E-state index is 0.310. The molecule has 1 aliphatic carbocycles. The summed E-state index contributed by atoms with van der Waals surface area (Å²) in [6, 6.07) is 0. The summed E-state index contributed by atoms with van der Waals surface area (Å²) < 4.78 is 4.54. The van der Waals surface area contributed by atoms with Crippen LogP contribution in [0.1, 0.15) is 57.7 Å². The molecule has 5 heteroatoms. The molecule has 1 aromatic rings. The van der Waals surface area contributed by atoms with Crippen molar-refractivity contribution in [3.8, 4) is 0 Å². The normalized spacial score (nSPS) is 23.2. The average molecular weight is 280 g/mol. The van der Waals surface area contributed by atoms with Crippen LogP contribution in [0.2, 0.25) is 0 Å². The molecule has 2 fully saturated rings. The number of hydrogen-bond donors (Lipinski definition) is 1. The van der Waals surface area contributed by atoms with Gasteiger partial charge in [-0.3, -0.25) is 0 Å². The minimum absolute atomic E-state index is 0.310. The number of rotatable bonds is 2. The Morgan fingerprint density at radius 1 is 1.26 bits per heavy atom. The van der Waals surface area contributed by atoms with Crippen LogP contribution in [0, 0.1) is 0 Å². The number of nitrogens with one attached hydrogen (secondary N) is 1. The van der Waals surface area contributed by atoms with Crippen LogP contribution in [0.25, 0.3) is 0 Å². The van der Waals surface area contributed by atoms with Crippen LogP contribution in [0.15, 0.2) is 0 Å². The van der Waals surface area contributed by atoms with Crippen LogP contribution in [0.4, 0.5) is 5.13 Å². The Morgan fingerprint density at radius 2 is 2.05 bits per heavy atom. The van der Waals surface area contributed by atoms with Gasteiger partial charge in [0.2, 0.25) is 5.13 Å². The molecule has 1 aliphatic heterocycles. The first-order valence-electron chi connectivity index (χ1n) is 7.53. The first-order chi connectivity index (χ1) is 9.21. The SMILES string of the molecule is CC(C)c1nsc(N2CCNCC23CCCCC3)n1. The molecule has 1 saturated carbocycles. The topological polar surface area (TPSA) is 41.1 Å². The maximum absolute atomic E-state index is 4.79. The van der Waals surface area contributed by atoms with Crippen molar-refractivity contribution < 1.29 is 0 Å². The summed E-state index contributed by atoms with van der Waals surface area (Å²) in [5.74, 6) is 1.43. The van der Waals surface area contributed by atoms with Crippen LogP contribution in [-0.4, -0.2) is 34.5 Å². The molecule has 0 bridgehead atoms. The van der Waals surface area contributed by atoms with Crippen LogP contribution in [0.5, 0.6) is 0 Å². The zero-order valence-electron chi connectivity index (χ0n) is 12.0. The molecule has 1 spiro atoms. The van der Waals surface area contributed by atoms with Gasteiger partial charge < -0.3 is 10.2 Å². The molecule has 3 rings (SSSR count). The van der Waals surface area contributed by atoms with E-state index in [9.17, 15) is 0 Å². The van der Waals surface area contributed by atoms with Gasteiger partial charge in [-0.1, -0.05) is 33.1 Å². The summed E-state index contributed by atoms with van der Waals surface area (Å²) in [6.07, 6.45) is 6.71. The summed E-state index contributed by atoms with van der Waals surface area (Å²) in [7, 11) is 0. The third-order valence-electron chi connectivity index (χ3n) is 4.50. The van der Waals surface area contributed by atoms with E-state index in [1.165, 1.54) is 32.1 Å². The monoisotopic (exact) mass is 280 g/mol. The second-order valence-electron chi connectivity index (χ2n) is 6.20. The summed E-state index contributed by atoms with van der Waals surface area (Å²) >= 11 is 1.59. The molecular weight excluding hydrogens is 256 g/mol. The molecule has 1 N–H and O–H groups in total. The minimum Gasteiger partial charge on any atom is -0.339 e. The molecule has 1 aromatic heterocycles. The van der Waals surface area contributed by atoms with E-state index in [-0.39, 0.29) is 0 Å². The van der Waals surface area contributed by atoms with Gasteiger partial charge in [0, 0.05) is 37.1 Å². The molecule has 2 aliphatic rings. The van der Waals surface area contributed by atoms with Gasteiger partial charge in [0.1, 0.15) is 5.82 Å². The zero-order valence-corrected chi connectivity index (χ0v) is 12.8. The van der Waals surface area contributed by atoms with Gasteiger partial charge in [-0.05, 0) is 12.8 Å². The van der Waals surface area contributed by atoms with Crippen molar-refractivity contribution in [1.29, 1.82) is 0 Å². The van der Waals surface area contributed by atoms with E-state index in [0.717, 1.165) is 30.6 Å². The first kappa shape index (κ1) is 13.3. The molecule has 0 atom stereocenters. The average Bonchev–Trinajstić information content (AvgIpc) is 2.90. The smallest absolute Gasteiger partial charge is 0.205 e. The lowest BCUT2D eigenvalue weighted by atomic mass is 9.79. The van der Waals surface area contributed by atoms with Gasteiger partial charge in [-0.2, -0.15) is 4.37 Å². The summed E-state index contributed by atoms with van der Waals surface area (Å²) in [4.78, 5) is 7.35. The van der Waals surface area contributed by atoms with Crippen molar-refractivity contribution in [1.82, 2.24) is 14.7 Å². The van der Waals surface area contributed by atoms with Crippen molar-refractivity contribution in [3.05, 3.63) is 5.82 Å². The van der Waals surface area contributed by atoms with Gasteiger partial charge >= 0.3 is 0 Å². The highest BCUT2D eigenvalue weighted by Gasteiger charge is 2.41.